The molecule has 0 radical (unpaired) electrons. The second kappa shape index (κ2) is 16.5. The Kier molecular flexibility index (Phi) is 24.6. The summed E-state index contributed by atoms with van der Waals surface area (Å²) in [5.41, 5.74) is 0. The molecule has 2 nitrogen and oxygen atoms in total. The molecule has 0 rings (SSSR count). The fraction of sp³-hybridized carbons (Fsp3) is 1.00. The van der Waals surface area contributed by atoms with E-state index in [1.165, 1.54) is 0 Å². The zero-order valence-electron chi connectivity index (χ0n) is 9.30. The third-order valence-electron chi connectivity index (χ3n) is 0. The summed E-state index contributed by atoms with van der Waals surface area (Å²) in [5, 5.41) is 0. The topological polar surface area (TPSA) is 34.1 Å². The van der Waals surface area contributed by atoms with Crippen LogP contribution in [0.1, 0.15) is 0 Å². The number of rotatable bonds is 0. The third-order valence-corrected chi connectivity index (χ3v) is 0. The lowest BCUT2D eigenvalue weighted by molar-refractivity contribution is 0.00818. The van der Waals surface area contributed by atoms with Crippen molar-refractivity contribution in [1.29, 1.82) is 0 Å². The Balaban J connectivity index is -0.0000000554. The van der Waals surface area contributed by atoms with Crippen molar-refractivity contribution in [2.45, 2.75) is 6.68 Å². The van der Waals surface area contributed by atoms with Crippen LogP contribution in [-0.2, 0) is 11.6 Å². The molecule has 21 heteroatoms. The molecular formula is CH3B3F15O2S-3. The van der Waals surface area contributed by atoms with E-state index in [0.29, 0.717) is 0 Å². The standard InChI is InChI=1S/CHF3.3BF4.H2O2S/c2-1(3)4;3*2-1(3,4)5;1-3-2/h1H;;;;3H2/q;3*-1;. The van der Waals surface area contributed by atoms with Crippen molar-refractivity contribution < 1.29 is 73.4 Å². The molecular weight excluding hydrogens is 393 g/mol. The monoisotopic (exact) mass is 397 g/mol. The highest BCUT2D eigenvalue weighted by Crippen LogP contribution is 2.07. The minimum Gasteiger partial charge on any atom is -0.418 e. The fourth-order valence-corrected chi connectivity index (χ4v) is 0. The van der Waals surface area contributed by atoms with Gasteiger partial charge in [-0.25, -0.2) is 8.42 Å². The van der Waals surface area contributed by atoms with Crippen molar-refractivity contribution in [1.82, 2.24) is 0 Å². The first-order valence-corrected chi connectivity index (χ1v) is 4.50. The zero-order valence-corrected chi connectivity index (χ0v) is 10.3. The first-order valence-electron chi connectivity index (χ1n) is 3.68. The molecule has 0 unspecified atom stereocenters. The molecule has 0 aromatic rings. The van der Waals surface area contributed by atoms with Crippen LogP contribution in [0.25, 0.3) is 0 Å². The van der Waals surface area contributed by atoms with Crippen LogP contribution in [0, 0.1) is 0 Å². The second-order valence-electron chi connectivity index (χ2n) is 1.82. The predicted octanol–water partition coefficient (Wildman–Crippen LogP) is 3.87. The van der Waals surface area contributed by atoms with Crippen molar-refractivity contribution in [3.63, 3.8) is 0 Å². The Morgan fingerprint density at radius 3 is 0.500 bits per heavy atom. The van der Waals surface area contributed by atoms with Crippen molar-refractivity contribution >= 4 is 33.3 Å². The van der Waals surface area contributed by atoms with Crippen LogP contribution in [0.5, 0.6) is 0 Å². The Morgan fingerprint density at radius 1 is 0.500 bits per heavy atom. The summed E-state index contributed by atoms with van der Waals surface area (Å²) in [7, 11) is -18.0. The molecule has 22 heavy (non-hydrogen) atoms. The summed E-state index contributed by atoms with van der Waals surface area (Å²) in [6.07, 6.45) is 0. The van der Waals surface area contributed by atoms with Gasteiger partial charge in [0, 0.05) is 0 Å². The van der Waals surface area contributed by atoms with Gasteiger partial charge in [0.05, 0.1) is 0 Å². The second-order valence-corrected chi connectivity index (χ2v) is 1.98. The lowest BCUT2D eigenvalue weighted by atomic mass is 10.3. The van der Waals surface area contributed by atoms with Gasteiger partial charge in [-0.2, -0.15) is 13.2 Å². The average Bonchev–Trinajstić information content (AvgIpc) is 1.89. The number of hydrogen-bond acceptors (Lipinski definition) is 2. The number of halogens is 15. The first kappa shape index (κ1) is 32.9. The number of alkyl halides is 3. The van der Waals surface area contributed by atoms with Crippen LogP contribution in [0.15, 0.2) is 0 Å². The van der Waals surface area contributed by atoms with E-state index in [4.69, 9.17) is 8.42 Å². The highest BCUT2D eigenvalue weighted by Gasteiger charge is 2.21. The van der Waals surface area contributed by atoms with E-state index in [2.05, 4.69) is 0 Å². The first-order chi connectivity index (χ1) is 9.15. The molecule has 0 aliphatic carbocycles. The molecule has 0 atom stereocenters. The molecule has 0 saturated heterocycles. The van der Waals surface area contributed by atoms with Crippen LogP contribution in [-0.4, -0.2) is 36.9 Å². The molecule has 0 amide bonds. The van der Waals surface area contributed by atoms with Gasteiger partial charge in [0.15, 0.2) is 0 Å². The van der Waals surface area contributed by atoms with Crippen LogP contribution < -0.4 is 0 Å². The van der Waals surface area contributed by atoms with Gasteiger partial charge in [-0.1, -0.05) is 0 Å². The van der Waals surface area contributed by atoms with Crippen LogP contribution in [0.4, 0.5) is 65.0 Å². The molecule has 0 aliphatic rings. The molecule has 0 saturated carbocycles. The zero-order chi connectivity index (χ0) is 19.8. The normalized spacial score (nSPS) is 10.5. The maximum absolute atomic E-state index is 9.75. The quantitative estimate of drug-likeness (QED) is 0.460. The molecule has 0 N–H and O–H groups in total. The summed E-state index contributed by atoms with van der Waals surface area (Å²) in [4.78, 5) is 0. The summed E-state index contributed by atoms with van der Waals surface area (Å²) in [5.74, 6) is 0. The lowest BCUT2D eigenvalue weighted by Crippen LogP contribution is -2.02. The smallest absolute Gasteiger partial charge is 0.418 e. The van der Waals surface area contributed by atoms with Crippen LogP contribution in [0.3, 0.4) is 0 Å². The minimum absolute atomic E-state index is 1.42. The minimum atomic E-state index is -6.00. The van der Waals surface area contributed by atoms with Gasteiger partial charge in [0.25, 0.3) is 0 Å². The van der Waals surface area contributed by atoms with Gasteiger partial charge in [-0.15, -0.1) is 0 Å². The molecule has 0 heterocycles. The van der Waals surface area contributed by atoms with Gasteiger partial charge < -0.3 is 51.8 Å². The largest absolute Gasteiger partial charge is 0.673 e. The summed E-state index contributed by atoms with van der Waals surface area (Å²) >= 11 is -1.42. The lowest BCUT2D eigenvalue weighted by Gasteiger charge is -1.94. The van der Waals surface area contributed by atoms with E-state index >= 15 is 0 Å². The molecule has 0 aromatic carbocycles. The third kappa shape index (κ3) is 7630. The summed E-state index contributed by atoms with van der Waals surface area (Å²) < 4.78 is 163. The van der Waals surface area contributed by atoms with Crippen molar-refractivity contribution in [2.75, 3.05) is 0 Å². The maximum atomic E-state index is 9.75. The Labute approximate surface area is 115 Å². The van der Waals surface area contributed by atoms with Gasteiger partial charge in [-0.05, 0) is 0 Å². The molecule has 142 valence electrons. The van der Waals surface area contributed by atoms with Gasteiger partial charge in [0.2, 0.25) is 0 Å². The van der Waals surface area contributed by atoms with E-state index in [9.17, 15) is 65.0 Å². The van der Waals surface area contributed by atoms with Crippen molar-refractivity contribution in [3.8, 4) is 0 Å². The summed E-state index contributed by atoms with van der Waals surface area (Å²) in [6, 6.07) is 0. The Hall–Kier alpha value is -0.905. The molecule has 0 bridgehead atoms. The fourth-order valence-electron chi connectivity index (χ4n) is 0. The highest BCUT2D eigenvalue weighted by molar-refractivity contribution is 7.51. The molecule has 0 fully saturated rings. The Morgan fingerprint density at radius 2 is 0.500 bits per heavy atom. The molecule has 0 aliphatic heterocycles. The Bertz CT molecular complexity index is 200. The van der Waals surface area contributed by atoms with Gasteiger partial charge in [0.1, 0.15) is 11.6 Å². The van der Waals surface area contributed by atoms with E-state index in [0.717, 1.165) is 0 Å². The molecule has 0 aromatic heterocycles. The van der Waals surface area contributed by atoms with Gasteiger partial charge in [-0.3, -0.25) is 0 Å². The SMILES string of the molecule is FC(F)F.F[B-](F)(F)F.F[B-](F)(F)F.F[B-](F)(F)F.O=[SH2]=O. The van der Waals surface area contributed by atoms with E-state index in [1.54, 1.807) is 0 Å². The van der Waals surface area contributed by atoms with E-state index in [-0.39, 0.29) is 0 Å². The highest BCUT2D eigenvalue weighted by atomic mass is 32.1. The van der Waals surface area contributed by atoms with Crippen LogP contribution >= 0.6 is 0 Å². The average molecular weight is 397 g/mol. The van der Waals surface area contributed by atoms with Crippen molar-refractivity contribution in [3.05, 3.63) is 0 Å². The predicted molar refractivity (Wildman–Crippen MR) is 49.4 cm³/mol. The molecule has 0 spiro atoms. The van der Waals surface area contributed by atoms with Crippen LogP contribution in [0.2, 0.25) is 0 Å². The number of hydrogen-bond donors (Lipinski definition) is 0. The van der Waals surface area contributed by atoms with Crippen molar-refractivity contribution in [2.24, 2.45) is 0 Å². The van der Waals surface area contributed by atoms with E-state index < -0.39 is 40.0 Å². The van der Waals surface area contributed by atoms with Gasteiger partial charge >= 0.3 is 28.4 Å². The van der Waals surface area contributed by atoms with E-state index in [1.807, 2.05) is 0 Å². The maximum Gasteiger partial charge on any atom is 0.673 e. The summed E-state index contributed by atoms with van der Waals surface area (Å²) in [6.45, 7) is -3.67.